The molecule has 0 heterocycles. The van der Waals surface area contributed by atoms with Crippen LogP contribution in [0.1, 0.15) is 40.9 Å². The summed E-state index contributed by atoms with van der Waals surface area (Å²) < 4.78 is 4.94. The number of alkyl halides is 1. The molecule has 17 heavy (non-hydrogen) atoms. The van der Waals surface area contributed by atoms with Crippen LogP contribution in [-0.2, 0) is 17.0 Å². The fraction of sp³-hybridized carbons (Fsp3) is 0.385. The summed E-state index contributed by atoms with van der Waals surface area (Å²) in [5.74, 6) is -0.255. The zero-order valence-electron chi connectivity index (χ0n) is 9.92. The van der Waals surface area contributed by atoms with Gasteiger partial charge in [0.25, 0.3) is 0 Å². The fourth-order valence-corrected chi connectivity index (χ4v) is 1.79. The Labute approximate surface area is 106 Å². The third-order valence-electron chi connectivity index (χ3n) is 2.44. The molecule has 4 heteroatoms. The molecule has 0 N–H and O–H groups in total. The maximum absolute atomic E-state index is 11.7. The Hall–Kier alpha value is -1.53. The highest BCUT2D eigenvalue weighted by atomic mass is 35.5. The lowest BCUT2D eigenvalue weighted by molar-refractivity contribution is 0.0526. The number of aryl methyl sites for hydroxylation is 1. The number of nitriles is 1. The molecule has 0 aliphatic rings. The normalized spacial score (nSPS) is 9.76. The van der Waals surface area contributed by atoms with Gasteiger partial charge in [-0.1, -0.05) is 13.0 Å². The van der Waals surface area contributed by atoms with Crippen molar-refractivity contribution in [2.45, 2.75) is 26.1 Å². The van der Waals surface area contributed by atoms with Gasteiger partial charge in [0, 0.05) is 5.88 Å². The quantitative estimate of drug-likeness (QED) is 0.610. The Morgan fingerprint density at radius 3 is 2.65 bits per heavy atom. The Morgan fingerprint density at radius 2 is 2.18 bits per heavy atom. The molecule has 3 nitrogen and oxygen atoms in total. The molecule has 0 atom stereocenters. The molecule has 0 fully saturated rings. The molecule has 0 aliphatic carbocycles. The summed E-state index contributed by atoms with van der Waals surface area (Å²) >= 11 is 5.79. The summed E-state index contributed by atoms with van der Waals surface area (Å²) in [6.45, 7) is 4.00. The van der Waals surface area contributed by atoms with E-state index in [9.17, 15) is 4.79 Å². The number of hydrogen-bond donors (Lipinski definition) is 0. The molecule has 0 unspecified atom stereocenters. The predicted molar refractivity (Wildman–Crippen MR) is 66.0 cm³/mol. The van der Waals surface area contributed by atoms with Crippen molar-refractivity contribution >= 4 is 17.6 Å². The van der Waals surface area contributed by atoms with Crippen LogP contribution < -0.4 is 0 Å². The van der Waals surface area contributed by atoms with E-state index < -0.39 is 5.97 Å². The second kappa shape index (κ2) is 6.27. The summed E-state index contributed by atoms with van der Waals surface area (Å²) in [7, 11) is 0. The first-order valence-electron chi connectivity index (χ1n) is 5.46. The second-order valence-electron chi connectivity index (χ2n) is 3.50. The lowest BCUT2D eigenvalue weighted by atomic mass is 9.98. The van der Waals surface area contributed by atoms with Crippen LogP contribution >= 0.6 is 11.6 Å². The highest BCUT2D eigenvalue weighted by molar-refractivity contribution is 6.17. The third kappa shape index (κ3) is 2.98. The Bertz CT molecular complexity index is 463. The molecule has 1 rings (SSSR count). The van der Waals surface area contributed by atoms with E-state index >= 15 is 0 Å². The molecular formula is C13H14ClNO2. The van der Waals surface area contributed by atoms with Gasteiger partial charge in [-0.25, -0.2) is 4.79 Å². The molecule has 0 bridgehead atoms. The molecule has 0 amide bonds. The van der Waals surface area contributed by atoms with Crippen molar-refractivity contribution in [1.29, 1.82) is 5.26 Å². The number of benzene rings is 1. The van der Waals surface area contributed by atoms with Crippen LogP contribution in [-0.4, -0.2) is 12.6 Å². The lowest BCUT2D eigenvalue weighted by Gasteiger charge is -2.09. The summed E-state index contributed by atoms with van der Waals surface area (Å²) in [4.78, 5) is 11.7. The molecule has 0 spiro atoms. The van der Waals surface area contributed by atoms with Gasteiger partial charge in [0.1, 0.15) is 6.07 Å². The second-order valence-corrected chi connectivity index (χ2v) is 3.76. The van der Waals surface area contributed by atoms with E-state index in [1.165, 1.54) is 0 Å². The van der Waals surface area contributed by atoms with E-state index in [2.05, 4.69) is 0 Å². The van der Waals surface area contributed by atoms with Crippen molar-refractivity contribution in [3.8, 4) is 6.07 Å². The van der Waals surface area contributed by atoms with E-state index in [4.69, 9.17) is 21.6 Å². The van der Waals surface area contributed by atoms with E-state index in [-0.39, 0.29) is 12.5 Å². The highest BCUT2D eigenvalue weighted by Crippen LogP contribution is 2.20. The van der Waals surface area contributed by atoms with E-state index in [1.54, 1.807) is 13.0 Å². The smallest absolute Gasteiger partial charge is 0.339 e. The zero-order valence-corrected chi connectivity index (χ0v) is 10.7. The average Bonchev–Trinajstić information content (AvgIpc) is 2.37. The largest absolute Gasteiger partial charge is 0.462 e. The first-order chi connectivity index (χ1) is 8.17. The minimum Gasteiger partial charge on any atom is -0.462 e. The number of carbonyl (C=O) groups excluding carboxylic acids is 1. The van der Waals surface area contributed by atoms with Crippen molar-refractivity contribution in [3.05, 3.63) is 34.4 Å². The summed E-state index contributed by atoms with van der Waals surface area (Å²) in [5, 5.41) is 9.09. The standard InChI is InChI=1S/C13H14ClNO2/c1-3-9-5-10(7-14)12(8-15)11(6-9)13(16)17-4-2/h5-6H,3-4,7H2,1-2H3. The summed E-state index contributed by atoms with van der Waals surface area (Å²) in [6, 6.07) is 5.58. The van der Waals surface area contributed by atoms with Gasteiger partial charge < -0.3 is 4.74 Å². The molecule has 1 aromatic rings. The molecule has 0 saturated heterocycles. The van der Waals surface area contributed by atoms with Crippen LogP contribution in [0.5, 0.6) is 0 Å². The van der Waals surface area contributed by atoms with Crippen molar-refractivity contribution in [2.75, 3.05) is 6.61 Å². The van der Waals surface area contributed by atoms with Crippen LogP contribution in [0.3, 0.4) is 0 Å². The first kappa shape index (κ1) is 13.5. The summed E-state index contributed by atoms with van der Waals surface area (Å²) in [5.41, 5.74) is 2.28. The minimum absolute atomic E-state index is 0.211. The molecule has 0 saturated carbocycles. The zero-order chi connectivity index (χ0) is 12.8. The molecule has 0 aromatic heterocycles. The highest BCUT2D eigenvalue weighted by Gasteiger charge is 2.16. The van der Waals surface area contributed by atoms with E-state index in [0.29, 0.717) is 16.7 Å². The first-order valence-corrected chi connectivity index (χ1v) is 6.00. The van der Waals surface area contributed by atoms with E-state index in [1.807, 2.05) is 19.1 Å². The third-order valence-corrected chi connectivity index (χ3v) is 2.73. The number of esters is 1. The summed E-state index contributed by atoms with van der Waals surface area (Å²) in [6.07, 6.45) is 0.780. The average molecular weight is 252 g/mol. The number of ether oxygens (including phenoxy) is 1. The van der Waals surface area contributed by atoms with Crippen LogP contribution in [0.15, 0.2) is 12.1 Å². The molecular weight excluding hydrogens is 238 g/mol. The van der Waals surface area contributed by atoms with Crippen molar-refractivity contribution < 1.29 is 9.53 Å². The van der Waals surface area contributed by atoms with Gasteiger partial charge in [-0.05, 0) is 30.5 Å². The minimum atomic E-state index is -0.467. The number of nitrogens with zero attached hydrogens (tertiary/aromatic N) is 1. The number of carbonyl (C=O) groups is 1. The van der Waals surface area contributed by atoms with Gasteiger partial charge in [-0.15, -0.1) is 11.6 Å². The van der Waals surface area contributed by atoms with Gasteiger partial charge >= 0.3 is 5.97 Å². The van der Waals surface area contributed by atoms with Crippen LogP contribution in [0.25, 0.3) is 0 Å². The SMILES string of the molecule is CCOC(=O)c1cc(CC)cc(CCl)c1C#N. The van der Waals surface area contributed by atoms with Gasteiger partial charge in [0.05, 0.1) is 17.7 Å². The molecule has 0 radical (unpaired) electrons. The number of hydrogen-bond acceptors (Lipinski definition) is 3. The topological polar surface area (TPSA) is 50.1 Å². The van der Waals surface area contributed by atoms with Gasteiger partial charge in [0.15, 0.2) is 0 Å². The predicted octanol–water partition coefficient (Wildman–Crippen LogP) is 3.04. The van der Waals surface area contributed by atoms with Crippen LogP contribution in [0.4, 0.5) is 0 Å². The van der Waals surface area contributed by atoms with Crippen molar-refractivity contribution in [1.82, 2.24) is 0 Å². The van der Waals surface area contributed by atoms with E-state index in [0.717, 1.165) is 12.0 Å². The van der Waals surface area contributed by atoms with Crippen LogP contribution in [0.2, 0.25) is 0 Å². The van der Waals surface area contributed by atoms with Crippen LogP contribution in [0, 0.1) is 11.3 Å². The van der Waals surface area contributed by atoms with Gasteiger partial charge in [-0.2, -0.15) is 5.26 Å². The fourth-order valence-electron chi connectivity index (χ4n) is 1.58. The van der Waals surface area contributed by atoms with Gasteiger partial charge in [0.2, 0.25) is 0 Å². The molecule has 0 aliphatic heterocycles. The number of halogens is 1. The maximum Gasteiger partial charge on any atom is 0.339 e. The lowest BCUT2D eigenvalue weighted by Crippen LogP contribution is -2.09. The maximum atomic E-state index is 11.7. The van der Waals surface area contributed by atoms with Crippen molar-refractivity contribution in [3.63, 3.8) is 0 Å². The molecule has 90 valence electrons. The Balaban J connectivity index is 3.35. The van der Waals surface area contributed by atoms with Crippen molar-refractivity contribution in [2.24, 2.45) is 0 Å². The molecule has 1 aromatic carbocycles. The van der Waals surface area contributed by atoms with Gasteiger partial charge in [-0.3, -0.25) is 0 Å². The Kier molecular flexibility index (Phi) is 4.99. The number of rotatable bonds is 4. The monoisotopic (exact) mass is 251 g/mol. The Morgan fingerprint density at radius 1 is 1.47 bits per heavy atom.